The number of rotatable bonds is 32. The third-order valence-corrected chi connectivity index (χ3v) is 22.1. The highest BCUT2D eigenvalue weighted by Gasteiger charge is 2.26. The van der Waals surface area contributed by atoms with E-state index in [4.69, 9.17) is 4.74 Å². The van der Waals surface area contributed by atoms with E-state index in [1.165, 1.54) is 43.1 Å². The zero-order chi connectivity index (χ0) is 88.2. The quantitative estimate of drug-likeness (QED) is 0.0444. The van der Waals surface area contributed by atoms with Gasteiger partial charge in [-0.25, -0.2) is 33.6 Å². The Morgan fingerprint density at radius 1 is 0.150 bits per heavy atom. The third kappa shape index (κ3) is 19.2. The van der Waals surface area contributed by atoms with Crippen molar-refractivity contribution in [1.82, 2.24) is 63.9 Å². The molecule has 0 spiro atoms. The second kappa shape index (κ2) is 38.0. The van der Waals surface area contributed by atoms with Crippen LogP contribution in [-0.2, 0) is 110 Å². The van der Waals surface area contributed by atoms with Crippen molar-refractivity contribution < 1.29 is 4.74 Å². The van der Waals surface area contributed by atoms with Crippen molar-refractivity contribution in [3.63, 3.8) is 0 Å². The maximum absolute atomic E-state index is 16.1. The molecule has 0 fully saturated rings. The second-order valence-corrected chi connectivity index (χ2v) is 31.1. The lowest BCUT2D eigenvalue weighted by Gasteiger charge is -2.19. The van der Waals surface area contributed by atoms with Crippen molar-refractivity contribution in [3.05, 3.63) is 551 Å². The predicted molar refractivity (Wildman–Crippen MR) is 479 cm³/mol. The standard InChI is InChI=1S/C98H84N14O15/c113-85-78(54-99(46-69-28-10-1-11-29-69)92(120)106(85)50-73-36-18-5-19-37-73)56-103-58-80(87(115)110(96(103)124)64-81-60-101(48-71-32-14-3-15-33-71)94(122)108(88(81)116)52-75-40-22-7-23-41-75)59-105-63-84(68-127-67-77-44-26-9-27-45-77)91(119)112(98(105)126)66-83-62-104(57-79-55-100(47-70-30-12-2-13-31-70)93(121)107(86(79)114)51-74-38-20-6-21-39-74)97(125)111(90(83)118)65-82-61-102(49-72-34-16-4-17-35-72)95(123)109(89(82)117)53-76-42-24-8-25-43-76/h1-45,54-55,58,60-63H,46-53,56-57,59,64-68H2. The number of hydrogen-bond acceptors (Lipinski definition) is 15. The fourth-order valence-electron chi connectivity index (χ4n) is 15.6. The first kappa shape index (κ1) is 84.3. The van der Waals surface area contributed by atoms with Crippen LogP contribution in [0.1, 0.15) is 89.0 Å². The summed E-state index contributed by atoms with van der Waals surface area (Å²) in [5.74, 6) is 0. The van der Waals surface area contributed by atoms with Crippen LogP contribution in [0.5, 0.6) is 0 Å². The average molecular weight is 1700 g/mol. The summed E-state index contributed by atoms with van der Waals surface area (Å²) in [6.45, 7) is -6.57. The van der Waals surface area contributed by atoms with Crippen molar-refractivity contribution >= 4 is 0 Å². The summed E-state index contributed by atoms with van der Waals surface area (Å²) in [6, 6.07) is 79.3. The van der Waals surface area contributed by atoms with Crippen LogP contribution in [0.25, 0.3) is 0 Å². The van der Waals surface area contributed by atoms with Gasteiger partial charge < -0.3 is 4.74 Å². The molecule has 127 heavy (non-hydrogen) atoms. The zero-order valence-corrected chi connectivity index (χ0v) is 68.7. The first-order chi connectivity index (χ1) is 61.7. The number of aromatic nitrogens is 14. The molecule has 7 heterocycles. The molecular weight excluding hydrogens is 1610 g/mol. The molecule has 9 aromatic carbocycles. The van der Waals surface area contributed by atoms with Gasteiger partial charge in [0, 0.05) is 43.4 Å². The van der Waals surface area contributed by atoms with E-state index < -0.39 is 130 Å². The molecule has 16 rings (SSSR count). The van der Waals surface area contributed by atoms with Crippen molar-refractivity contribution in [2.45, 2.75) is 105 Å². The number of ether oxygens (including phenoxy) is 1. The van der Waals surface area contributed by atoms with Crippen LogP contribution in [0.3, 0.4) is 0 Å². The Morgan fingerprint density at radius 3 is 0.504 bits per heavy atom. The van der Waals surface area contributed by atoms with Crippen molar-refractivity contribution in [1.29, 1.82) is 0 Å². The molecule has 636 valence electrons. The van der Waals surface area contributed by atoms with Gasteiger partial charge in [-0.2, -0.15) is 0 Å². The SMILES string of the molecule is O=c1c(Cn2cc(Cn3cc(COCc4ccccc4)c(=O)n(Cc4cn(Cc5cn(Cc6ccccc6)c(=O)n(Cc6ccccc6)c5=O)c(=O)n(Cc5cn(Cc6ccccc6)c(=O)n(Cc6ccccc6)c5=O)c4=O)c3=O)c(=O)n(Cc3cn(Cc4ccccc4)c(=O)n(Cc4ccccc4)c3=O)c2=O)cn(Cc2ccccc2)c(=O)n1Cc1ccccc1. The Kier molecular flexibility index (Phi) is 25.2. The van der Waals surface area contributed by atoms with Crippen LogP contribution in [0.4, 0.5) is 0 Å². The van der Waals surface area contributed by atoms with E-state index in [2.05, 4.69) is 0 Å². The molecule has 0 unspecified atom stereocenters. The molecule has 0 radical (unpaired) electrons. The van der Waals surface area contributed by atoms with Gasteiger partial charge in [0.1, 0.15) is 0 Å². The van der Waals surface area contributed by atoms with Gasteiger partial charge in [-0.1, -0.05) is 273 Å². The fraction of sp³-hybridized carbons (Fsp3) is 0.163. The minimum atomic E-state index is -1.20. The lowest BCUT2D eigenvalue weighted by Crippen LogP contribution is -2.48. The van der Waals surface area contributed by atoms with Crippen LogP contribution < -0.4 is 78.7 Å². The van der Waals surface area contributed by atoms with Crippen molar-refractivity contribution in [2.24, 2.45) is 0 Å². The highest BCUT2D eigenvalue weighted by molar-refractivity contribution is 5.28. The van der Waals surface area contributed by atoms with Crippen LogP contribution in [-0.4, -0.2) is 63.9 Å². The molecule has 0 aliphatic heterocycles. The molecule has 0 N–H and O–H groups in total. The van der Waals surface area contributed by atoms with Gasteiger partial charge in [-0.15, -0.1) is 0 Å². The Balaban J connectivity index is 0.887. The minimum Gasteiger partial charge on any atom is -0.372 e. The van der Waals surface area contributed by atoms with Crippen molar-refractivity contribution in [3.8, 4) is 0 Å². The number of benzene rings is 9. The molecular formula is C98H84N14O15. The highest BCUT2D eigenvalue weighted by atomic mass is 16.5. The van der Waals surface area contributed by atoms with E-state index in [1.54, 1.807) is 273 Å². The van der Waals surface area contributed by atoms with Crippen molar-refractivity contribution in [2.75, 3.05) is 0 Å². The molecule has 0 amide bonds. The van der Waals surface area contributed by atoms with E-state index >= 15 is 47.9 Å². The Bertz CT molecular complexity index is 7690. The molecule has 0 bridgehead atoms. The molecule has 0 saturated heterocycles. The molecule has 29 heteroatoms. The third-order valence-electron chi connectivity index (χ3n) is 22.1. The molecule has 0 atom stereocenters. The van der Waals surface area contributed by atoms with Crippen LogP contribution in [0, 0.1) is 0 Å². The fourth-order valence-corrected chi connectivity index (χ4v) is 15.6. The molecule has 0 aliphatic rings. The smallest absolute Gasteiger partial charge is 0.331 e. The molecule has 29 nitrogen and oxygen atoms in total. The number of nitrogens with zero attached hydrogens (tertiary/aromatic N) is 14. The van der Waals surface area contributed by atoms with Crippen LogP contribution >= 0.6 is 0 Å². The summed E-state index contributed by atoms with van der Waals surface area (Å²) < 4.78 is 20.5. The summed E-state index contributed by atoms with van der Waals surface area (Å²) >= 11 is 0. The Labute approximate surface area is 721 Å². The van der Waals surface area contributed by atoms with E-state index in [0.29, 0.717) is 59.2 Å². The monoisotopic (exact) mass is 1700 g/mol. The van der Waals surface area contributed by atoms with Gasteiger partial charge in [-0.3, -0.25) is 97.5 Å². The van der Waals surface area contributed by atoms with Crippen LogP contribution in [0.15, 0.2) is 383 Å². The van der Waals surface area contributed by atoms with Gasteiger partial charge in [-0.05, 0) is 50.1 Å². The molecule has 16 aromatic rings. The second-order valence-electron chi connectivity index (χ2n) is 31.1. The van der Waals surface area contributed by atoms with Gasteiger partial charge >= 0.3 is 39.8 Å². The molecule has 7 aromatic heterocycles. The Hall–Kier alpha value is -16.3. The lowest BCUT2D eigenvalue weighted by atomic mass is 10.2. The van der Waals surface area contributed by atoms with Gasteiger partial charge in [0.25, 0.3) is 38.9 Å². The summed E-state index contributed by atoms with van der Waals surface area (Å²) in [4.78, 5) is 215. The van der Waals surface area contributed by atoms with Crippen LogP contribution in [0.2, 0.25) is 0 Å². The zero-order valence-electron chi connectivity index (χ0n) is 68.7. The van der Waals surface area contributed by atoms with E-state index in [9.17, 15) is 19.2 Å². The summed E-state index contributed by atoms with van der Waals surface area (Å²) in [5, 5.41) is 0. The van der Waals surface area contributed by atoms with Gasteiger partial charge in [0.15, 0.2) is 0 Å². The summed E-state index contributed by atoms with van der Waals surface area (Å²) in [7, 11) is 0. The largest absolute Gasteiger partial charge is 0.372 e. The predicted octanol–water partition coefficient (Wildman–Crippen LogP) is 6.34. The molecule has 0 aliphatic carbocycles. The first-order valence-electron chi connectivity index (χ1n) is 41.0. The van der Waals surface area contributed by atoms with Gasteiger partial charge in [0.2, 0.25) is 0 Å². The average Bonchev–Trinajstić information content (AvgIpc) is 0.765. The normalized spacial score (nSPS) is 11.3. The summed E-state index contributed by atoms with van der Waals surface area (Å²) in [6.07, 6.45) is 8.47. The topological polar surface area (TPSA) is 317 Å². The first-order valence-corrected chi connectivity index (χ1v) is 41.0. The summed E-state index contributed by atoms with van der Waals surface area (Å²) in [5.41, 5.74) is -9.09. The highest BCUT2D eigenvalue weighted by Crippen LogP contribution is 2.14. The maximum atomic E-state index is 16.1. The molecule has 0 saturated carbocycles. The van der Waals surface area contributed by atoms with Gasteiger partial charge in [0.05, 0.1) is 144 Å². The lowest BCUT2D eigenvalue weighted by molar-refractivity contribution is 0.105. The van der Waals surface area contributed by atoms with E-state index in [0.717, 1.165) is 55.1 Å². The Morgan fingerprint density at radius 2 is 0.299 bits per heavy atom. The van der Waals surface area contributed by atoms with E-state index in [1.807, 2.05) is 0 Å². The minimum absolute atomic E-state index is 0.0379. The van der Waals surface area contributed by atoms with E-state index in [-0.39, 0.29) is 92.3 Å². The maximum Gasteiger partial charge on any atom is 0.331 e. The number of hydrogen-bond donors (Lipinski definition) is 0.